The molecule has 4 aliphatic carbocycles. The molecule has 4 bridgehead atoms. The molecule has 0 heterocycles. The Morgan fingerprint density at radius 1 is 1.09 bits per heavy atom. The Labute approximate surface area is 142 Å². The summed E-state index contributed by atoms with van der Waals surface area (Å²) in [6.07, 6.45) is 9.47. The molecule has 1 aromatic rings. The summed E-state index contributed by atoms with van der Waals surface area (Å²) in [5, 5.41) is 0.957. The van der Waals surface area contributed by atoms with Gasteiger partial charge in [-0.05, 0) is 79.4 Å². The van der Waals surface area contributed by atoms with Crippen LogP contribution in [0.5, 0.6) is 0 Å². The summed E-state index contributed by atoms with van der Waals surface area (Å²) >= 11 is 7.81. The fourth-order valence-electron chi connectivity index (χ4n) is 5.65. The van der Waals surface area contributed by atoms with E-state index < -0.39 is 0 Å². The number of aldehydes is 1. The van der Waals surface area contributed by atoms with Crippen LogP contribution in [0, 0.1) is 23.2 Å². The summed E-state index contributed by atoms with van der Waals surface area (Å²) in [5.41, 5.74) is 1.58. The lowest BCUT2D eigenvalue weighted by molar-refractivity contribution is -0.114. The lowest BCUT2D eigenvalue weighted by atomic mass is 9.49. The lowest BCUT2D eigenvalue weighted by Gasteiger charge is -2.58. The first-order chi connectivity index (χ1) is 10.7. The molecule has 1 aromatic carbocycles. The molecule has 4 saturated carbocycles. The fourth-order valence-corrected chi connectivity index (χ4v) is 7.06. The predicted molar refractivity (Wildman–Crippen MR) is 93.2 cm³/mol. The van der Waals surface area contributed by atoms with Crippen LogP contribution in [0.25, 0.3) is 0 Å². The Morgan fingerprint density at radius 2 is 1.64 bits per heavy atom. The highest BCUT2D eigenvalue weighted by Gasteiger charge is 2.54. The minimum atomic E-state index is 0.177. The van der Waals surface area contributed by atoms with Gasteiger partial charge in [-0.3, -0.25) is 0 Å². The van der Waals surface area contributed by atoms with E-state index in [2.05, 4.69) is 12.1 Å². The van der Waals surface area contributed by atoms with Gasteiger partial charge in [-0.25, -0.2) is 0 Å². The number of thioether (sulfide) groups is 1. The molecule has 0 aromatic heterocycles. The maximum atomic E-state index is 11.9. The van der Waals surface area contributed by atoms with Crippen molar-refractivity contribution in [2.75, 3.05) is 0 Å². The number of carbonyl (C=O) groups excluding carboxylic acids is 1. The van der Waals surface area contributed by atoms with E-state index in [0.29, 0.717) is 5.41 Å². The Morgan fingerprint density at radius 3 is 2.14 bits per heavy atom. The Balaban J connectivity index is 1.47. The molecule has 22 heavy (non-hydrogen) atoms. The van der Waals surface area contributed by atoms with Gasteiger partial charge in [-0.1, -0.05) is 23.7 Å². The van der Waals surface area contributed by atoms with Gasteiger partial charge in [-0.2, -0.15) is 0 Å². The first-order valence-corrected chi connectivity index (χ1v) is 9.91. The highest BCUT2D eigenvalue weighted by Crippen LogP contribution is 2.62. The number of rotatable bonds is 5. The molecule has 5 rings (SSSR count). The van der Waals surface area contributed by atoms with Gasteiger partial charge < -0.3 is 4.79 Å². The van der Waals surface area contributed by atoms with Crippen LogP contribution in [0.2, 0.25) is 5.02 Å². The van der Waals surface area contributed by atoms with E-state index in [0.717, 1.165) is 28.5 Å². The van der Waals surface area contributed by atoms with E-state index in [-0.39, 0.29) is 5.25 Å². The summed E-state index contributed by atoms with van der Waals surface area (Å²) < 4.78 is 0. The number of hydrogen-bond acceptors (Lipinski definition) is 2. The van der Waals surface area contributed by atoms with Crippen molar-refractivity contribution in [1.29, 1.82) is 0 Å². The third-order valence-electron chi connectivity index (χ3n) is 6.16. The van der Waals surface area contributed by atoms with Crippen LogP contribution in [0.4, 0.5) is 0 Å². The van der Waals surface area contributed by atoms with Crippen LogP contribution in [-0.2, 0) is 10.5 Å². The van der Waals surface area contributed by atoms with Crippen molar-refractivity contribution in [3.63, 3.8) is 0 Å². The Kier molecular flexibility index (Phi) is 4.02. The van der Waals surface area contributed by atoms with Gasteiger partial charge in [0.2, 0.25) is 0 Å². The van der Waals surface area contributed by atoms with Crippen LogP contribution >= 0.6 is 23.4 Å². The predicted octanol–water partition coefficient (Wildman–Crippen LogP) is 5.36. The van der Waals surface area contributed by atoms with Gasteiger partial charge in [0, 0.05) is 10.8 Å². The fraction of sp³-hybridized carbons (Fsp3) is 0.632. The third kappa shape index (κ3) is 2.73. The molecule has 0 radical (unpaired) electrons. The monoisotopic (exact) mass is 334 g/mol. The molecule has 0 amide bonds. The molecule has 0 N–H and O–H groups in total. The van der Waals surface area contributed by atoms with Gasteiger partial charge in [-0.15, -0.1) is 11.8 Å². The van der Waals surface area contributed by atoms with Gasteiger partial charge in [0.25, 0.3) is 0 Å². The van der Waals surface area contributed by atoms with E-state index >= 15 is 0 Å². The average Bonchev–Trinajstić information content (AvgIpc) is 2.48. The second kappa shape index (κ2) is 5.87. The maximum absolute atomic E-state index is 11.9. The highest BCUT2D eigenvalue weighted by molar-refractivity contribution is 7.99. The molecule has 0 spiro atoms. The SMILES string of the molecule is O=CC(SCc1ccc(Cl)cc1)C12CC3CC(CC(C3)C1)C2. The lowest BCUT2D eigenvalue weighted by Crippen LogP contribution is -2.51. The zero-order valence-corrected chi connectivity index (χ0v) is 14.4. The zero-order valence-electron chi connectivity index (χ0n) is 12.8. The maximum Gasteiger partial charge on any atom is 0.133 e. The van der Waals surface area contributed by atoms with Gasteiger partial charge >= 0.3 is 0 Å². The second-order valence-corrected chi connectivity index (χ2v) is 9.34. The molecular weight excluding hydrogens is 312 g/mol. The standard InChI is InChI=1S/C19H23ClOS/c20-17-3-1-13(2-4-17)12-22-18(11-21)19-8-14-5-15(9-19)7-16(6-14)10-19/h1-4,11,14-16,18H,5-10,12H2. The highest BCUT2D eigenvalue weighted by atomic mass is 35.5. The molecule has 3 heteroatoms. The van der Waals surface area contributed by atoms with Crippen molar-refractivity contribution in [1.82, 2.24) is 0 Å². The van der Waals surface area contributed by atoms with Crippen molar-refractivity contribution in [2.24, 2.45) is 23.2 Å². The molecule has 1 atom stereocenters. The molecule has 1 nitrogen and oxygen atoms in total. The Hall–Kier alpha value is -0.470. The van der Waals surface area contributed by atoms with E-state index in [4.69, 9.17) is 11.6 Å². The van der Waals surface area contributed by atoms with Crippen LogP contribution in [-0.4, -0.2) is 11.5 Å². The molecular formula is C19H23ClOS. The quantitative estimate of drug-likeness (QED) is 0.674. The van der Waals surface area contributed by atoms with E-state index in [1.54, 1.807) is 0 Å². The average molecular weight is 335 g/mol. The molecule has 1 unspecified atom stereocenters. The topological polar surface area (TPSA) is 17.1 Å². The first-order valence-electron chi connectivity index (χ1n) is 8.48. The van der Waals surface area contributed by atoms with Crippen molar-refractivity contribution in [2.45, 2.75) is 49.5 Å². The number of halogens is 1. The summed E-state index contributed by atoms with van der Waals surface area (Å²) in [7, 11) is 0. The van der Waals surface area contributed by atoms with Crippen LogP contribution in [0.1, 0.15) is 44.1 Å². The minimum absolute atomic E-state index is 0.177. The summed E-state index contributed by atoms with van der Waals surface area (Å²) in [6.45, 7) is 0. The van der Waals surface area contributed by atoms with Crippen molar-refractivity contribution in [3.8, 4) is 0 Å². The van der Waals surface area contributed by atoms with Crippen LogP contribution < -0.4 is 0 Å². The minimum Gasteiger partial charge on any atom is -0.302 e. The molecule has 0 saturated heterocycles. The van der Waals surface area contributed by atoms with E-state index in [1.807, 2.05) is 23.9 Å². The summed E-state index contributed by atoms with van der Waals surface area (Å²) in [5.74, 6) is 3.64. The third-order valence-corrected chi connectivity index (χ3v) is 7.88. The van der Waals surface area contributed by atoms with Crippen molar-refractivity contribution in [3.05, 3.63) is 34.9 Å². The first kappa shape index (κ1) is 15.1. The number of benzene rings is 1. The van der Waals surface area contributed by atoms with Crippen molar-refractivity contribution >= 4 is 29.6 Å². The summed E-state index contributed by atoms with van der Waals surface area (Å²) in [4.78, 5) is 11.9. The molecule has 118 valence electrons. The Bertz CT molecular complexity index is 518. The van der Waals surface area contributed by atoms with Crippen molar-refractivity contribution < 1.29 is 4.79 Å². The molecule has 4 aliphatic rings. The smallest absolute Gasteiger partial charge is 0.133 e. The van der Waals surface area contributed by atoms with E-state index in [9.17, 15) is 4.79 Å². The van der Waals surface area contributed by atoms with Crippen LogP contribution in [0.15, 0.2) is 24.3 Å². The van der Waals surface area contributed by atoms with Gasteiger partial charge in [0.1, 0.15) is 6.29 Å². The second-order valence-electron chi connectivity index (χ2n) is 7.77. The number of carbonyl (C=O) groups is 1. The number of hydrogen-bond donors (Lipinski definition) is 0. The van der Waals surface area contributed by atoms with E-state index in [1.165, 1.54) is 50.4 Å². The molecule has 0 aliphatic heterocycles. The summed E-state index contributed by atoms with van der Waals surface area (Å²) in [6, 6.07) is 8.05. The van der Waals surface area contributed by atoms with Gasteiger partial charge in [0.05, 0.1) is 5.25 Å². The zero-order chi connectivity index (χ0) is 15.2. The molecule has 4 fully saturated rings. The normalized spacial score (nSPS) is 37.2. The van der Waals surface area contributed by atoms with Crippen LogP contribution in [0.3, 0.4) is 0 Å². The largest absolute Gasteiger partial charge is 0.302 e. The van der Waals surface area contributed by atoms with Gasteiger partial charge in [0.15, 0.2) is 0 Å².